The second-order valence-corrected chi connectivity index (χ2v) is 17.1. The van der Waals surface area contributed by atoms with E-state index in [0.717, 1.165) is 23.1 Å². The molecule has 2 atom stereocenters. The summed E-state index contributed by atoms with van der Waals surface area (Å²) < 4.78 is 131. The molecule has 1 aliphatic rings. The van der Waals surface area contributed by atoms with E-state index in [2.05, 4.69) is 9.71 Å². The molecule has 1 fully saturated rings. The van der Waals surface area contributed by atoms with Crippen molar-refractivity contribution in [3.8, 4) is 5.75 Å². The maximum absolute atomic E-state index is 13.8. The Bertz CT molecular complexity index is 2310. The summed E-state index contributed by atoms with van der Waals surface area (Å²) in [7, 11) is -4.30. The van der Waals surface area contributed by atoms with Crippen molar-refractivity contribution in [2.45, 2.75) is 95.0 Å². The van der Waals surface area contributed by atoms with E-state index in [4.69, 9.17) is 69.1 Å². The number of sulfonamides is 1. The number of pyridine rings is 1. The molecule has 17 nitrogen and oxygen atoms in total. The minimum absolute atomic E-state index is 0.0697. The van der Waals surface area contributed by atoms with Crippen molar-refractivity contribution >= 4 is 73.9 Å². The first kappa shape index (κ1) is 60.8. The second-order valence-electron chi connectivity index (χ2n) is 14.6. The molecule has 0 spiro atoms. The summed E-state index contributed by atoms with van der Waals surface area (Å²) in [6.45, 7) is 8.78. The number of piperazine rings is 1. The van der Waals surface area contributed by atoms with Gasteiger partial charge in [-0.15, -0.1) is 0 Å². The first-order valence-corrected chi connectivity index (χ1v) is 21.7. The molecule has 0 radical (unpaired) electrons. The predicted molar refractivity (Wildman–Crippen MR) is 226 cm³/mol. The van der Waals surface area contributed by atoms with Crippen LogP contribution >= 0.6 is 23.2 Å². The highest BCUT2D eigenvalue weighted by atomic mass is 35.5. The summed E-state index contributed by atoms with van der Waals surface area (Å²) in [5, 5.41) is 22.4. The van der Waals surface area contributed by atoms with Gasteiger partial charge in [-0.25, -0.2) is 27.8 Å². The Balaban J connectivity index is 0.000000910. The highest BCUT2D eigenvalue weighted by Crippen LogP contribution is 2.35. The van der Waals surface area contributed by atoms with Crippen LogP contribution < -0.4 is 20.9 Å². The van der Waals surface area contributed by atoms with Gasteiger partial charge in [0.2, 0.25) is 21.8 Å². The molecular formula is C39H47Cl2F9N6O11S. The summed E-state index contributed by atoms with van der Waals surface area (Å²) in [6.07, 6.45) is -13.4. The molecule has 29 heteroatoms. The number of aromatic nitrogens is 1. The zero-order valence-corrected chi connectivity index (χ0v) is 38.6. The van der Waals surface area contributed by atoms with Crippen molar-refractivity contribution in [3.05, 3.63) is 63.3 Å². The number of nitrogens with zero attached hydrogens (tertiary/aromatic N) is 3. The molecule has 0 bridgehead atoms. The molecule has 3 aromatic rings. The zero-order chi connectivity index (χ0) is 52.7. The van der Waals surface area contributed by atoms with Gasteiger partial charge in [0.25, 0.3) is 0 Å². The number of carbonyl (C=O) groups is 5. The molecule has 2 amide bonds. The summed E-state index contributed by atoms with van der Waals surface area (Å²) in [5.74, 6) is -8.22. The Kier molecular flexibility index (Phi) is 22.7. The fraction of sp³-hybridized carbons (Fsp3) is 0.487. The molecule has 2 heterocycles. The Morgan fingerprint density at radius 3 is 1.79 bits per heavy atom. The number of halogens is 11. The number of hydrogen-bond acceptors (Lipinski definition) is 11. The lowest BCUT2D eigenvalue weighted by Crippen LogP contribution is -2.61. The number of alkyl halides is 9. The topological polar surface area (TPSA) is 273 Å². The van der Waals surface area contributed by atoms with E-state index >= 15 is 0 Å². The number of fused-ring (bicyclic) bond motifs is 1. The molecule has 0 aliphatic carbocycles. The smallest absolute Gasteiger partial charge is 0.487 e. The highest BCUT2D eigenvalue weighted by molar-refractivity contribution is 7.89. The van der Waals surface area contributed by atoms with Crippen molar-refractivity contribution < 1.29 is 92.0 Å². The molecule has 4 rings (SSSR count). The Hall–Kier alpha value is -5.22. The van der Waals surface area contributed by atoms with Crippen LogP contribution in [0.4, 0.5) is 39.5 Å². The van der Waals surface area contributed by atoms with Gasteiger partial charge in [-0.3, -0.25) is 9.59 Å². The standard InChI is InChI=1S/C33H44Cl2N6O5S.3C2HF3O2/c1-5-33(4,32(43)41-16-14-40(15-17-41)29(42)19-23(37)8-7-13-36)39-47(44,45)28-12-11-26(34)25(30(28)35)20-46-27-10-6-9-24-21(2)18-22(3)38-31(24)27;3*3-2(4,5)1(6)7/h6,9-12,18,23,39H,5,7-8,13-17,19-20,36-37H2,1-4H3;3*(H,6,7)/t23-,33+;;;/m0.../s1. The fourth-order valence-corrected chi connectivity index (χ4v) is 8.03. The van der Waals surface area contributed by atoms with Crippen LogP contribution in [0.3, 0.4) is 0 Å². The molecule has 0 saturated carbocycles. The SMILES string of the molecule is CC[C@@](C)(NS(=O)(=O)c1ccc(Cl)c(COc2cccc3c(C)cc(C)nc23)c1Cl)C(=O)N1CCN(C(=O)C[C@@H](N)CCCN)CC1.O=C(O)C(F)(F)F.O=C(O)C(F)(F)F.O=C(O)C(F)(F)F. The van der Waals surface area contributed by atoms with Gasteiger partial charge in [0.1, 0.15) is 28.3 Å². The fourth-order valence-electron chi connectivity index (χ4n) is 5.70. The van der Waals surface area contributed by atoms with Crippen LogP contribution in [0.1, 0.15) is 56.4 Å². The predicted octanol–water partition coefficient (Wildman–Crippen LogP) is 6.21. The monoisotopic (exact) mass is 1050 g/mol. The average Bonchev–Trinajstić information content (AvgIpc) is 3.22. The average molecular weight is 1050 g/mol. The van der Waals surface area contributed by atoms with Crippen LogP contribution in [0, 0.1) is 13.8 Å². The third kappa shape index (κ3) is 18.7. The van der Waals surface area contributed by atoms with E-state index in [1.54, 1.807) is 29.7 Å². The number of amides is 2. The Morgan fingerprint density at radius 1 is 0.853 bits per heavy atom. The first-order chi connectivity index (χ1) is 31.0. The molecule has 8 N–H and O–H groups in total. The van der Waals surface area contributed by atoms with Gasteiger partial charge in [0.05, 0.1) is 5.02 Å². The van der Waals surface area contributed by atoms with E-state index in [1.807, 2.05) is 32.0 Å². The maximum Gasteiger partial charge on any atom is 0.490 e. The van der Waals surface area contributed by atoms with Crippen LogP contribution in [-0.4, -0.2) is 131 Å². The molecule has 1 aliphatic heterocycles. The lowest BCUT2D eigenvalue weighted by molar-refractivity contribution is -0.193. The summed E-state index contributed by atoms with van der Waals surface area (Å²) in [6, 6.07) is 10.1. The third-order valence-electron chi connectivity index (χ3n) is 9.35. The highest BCUT2D eigenvalue weighted by Gasteiger charge is 2.42. The molecule has 0 unspecified atom stereocenters. The normalized spacial score (nSPS) is 14.4. The quantitative estimate of drug-likeness (QED) is 0.104. The van der Waals surface area contributed by atoms with E-state index in [1.165, 1.54) is 12.1 Å². The lowest BCUT2D eigenvalue weighted by Gasteiger charge is -2.40. The number of carboxylic acid groups (broad SMARTS) is 3. The van der Waals surface area contributed by atoms with Crippen molar-refractivity contribution in [2.24, 2.45) is 11.5 Å². The number of para-hydroxylation sites is 1. The van der Waals surface area contributed by atoms with Gasteiger partial charge >= 0.3 is 36.4 Å². The van der Waals surface area contributed by atoms with Crippen molar-refractivity contribution in [1.29, 1.82) is 0 Å². The molecular weight excluding hydrogens is 1000 g/mol. The first-order valence-electron chi connectivity index (χ1n) is 19.5. The molecule has 68 heavy (non-hydrogen) atoms. The van der Waals surface area contributed by atoms with Crippen LogP contribution in [-0.2, 0) is 40.6 Å². The lowest BCUT2D eigenvalue weighted by atomic mass is 9.98. The Labute approximate surface area is 392 Å². The summed E-state index contributed by atoms with van der Waals surface area (Å²) in [4.78, 5) is 60.8. The summed E-state index contributed by atoms with van der Waals surface area (Å²) >= 11 is 13.2. The van der Waals surface area contributed by atoms with Gasteiger partial charge in [-0.2, -0.15) is 44.2 Å². The van der Waals surface area contributed by atoms with Crippen molar-refractivity contribution in [1.82, 2.24) is 19.5 Å². The maximum atomic E-state index is 13.8. The number of aryl methyl sites for hydroxylation is 2. The number of benzene rings is 2. The van der Waals surface area contributed by atoms with Crippen molar-refractivity contribution in [2.75, 3.05) is 32.7 Å². The zero-order valence-electron chi connectivity index (χ0n) is 36.3. The molecule has 1 saturated heterocycles. The van der Waals surface area contributed by atoms with Crippen LogP contribution in [0.2, 0.25) is 10.0 Å². The molecule has 1 aromatic heterocycles. The largest absolute Gasteiger partial charge is 0.490 e. The van der Waals surface area contributed by atoms with E-state index in [9.17, 15) is 57.5 Å². The number of aliphatic carboxylic acids is 3. The number of carbonyl (C=O) groups excluding carboxylic acids is 2. The third-order valence-corrected chi connectivity index (χ3v) is 11.9. The number of carboxylic acids is 3. The minimum atomic E-state index is -5.08. The van der Waals surface area contributed by atoms with Gasteiger partial charge in [0.15, 0.2) is 0 Å². The van der Waals surface area contributed by atoms with Crippen molar-refractivity contribution in [3.63, 3.8) is 0 Å². The van der Waals surface area contributed by atoms with Gasteiger partial charge < -0.3 is 41.3 Å². The minimum Gasteiger partial charge on any atom is -0.487 e. The number of nitrogens with one attached hydrogen (secondary N) is 1. The van der Waals surface area contributed by atoms with Crippen LogP contribution in [0.25, 0.3) is 10.9 Å². The second kappa shape index (κ2) is 25.4. The number of rotatable bonds is 13. The summed E-state index contributed by atoms with van der Waals surface area (Å²) in [5.41, 5.74) is 13.0. The van der Waals surface area contributed by atoms with E-state index in [-0.39, 0.29) is 65.0 Å². The Morgan fingerprint density at radius 2 is 1.34 bits per heavy atom. The number of nitrogens with two attached hydrogens (primary N) is 2. The van der Waals surface area contributed by atoms with Crippen LogP contribution in [0.15, 0.2) is 41.3 Å². The van der Waals surface area contributed by atoms with E-state index in [0.29, 0.717) is 37.3 Å². The molecule has 382 valence electrons. The van der Waals surface area contributed by atoms with E-state index < -0.39 is 57.9 Å². The van der Waals surface area contributed by atoms with Crippen LogP contribution in [0.5, 0.6) is 5.75 Å². The molecule has 2 aromatic carbocycles. The number of hydrogen-bond donors (Lipinski definition) is 6. The van der Waals surface area contributed by atoms with Gasteiger partial charge in [-0.1, -0.05) is 42.3 Å². The number of ether oxygens (including phenoxy) is 1. The van der Waals surface area contributed by atoms with Gasteiger partial charge in [-0.05, 0) is 76.4 Å². The van der Waals surface area contributed by atoms with Gasteiger partial charge in [0, 0.05) is 60.3 Å².